The van der Waals surface area contributed by atoms with Crippen LogP contribution in [0.25, 0.3) is 0 Å². The normalized spacial score (nSPS) is 24.6. The van der Waals surface area contributed by atoms with Crippen LogP contribution in [-0.2, 0) is 0 Å². The first-order valence-electron chi connectivity index (χ1n) is 15.1. The number of piperidine rings is 1. The number of fused-ring (bicyclic) bond motifs is 2. The van der Waals surface area contributed by atoms with E-state index in [1.165, 1.54) is 49.9 Å². The van der Waals surface area contributed by atoms with E-state index in [0.29, 0.717) is 5.75 Å². The van der Waals surface area contributed by atoms with Crippen LogP contribution in [0.5, 0.6) is 0 Å². The molecule has 0 saturated carbocycles. The molecule has 0 atom stereocenters. The minimum Gasteiger partial charge on any atom is -0.395 e. The molecule has 2 N–H and O–H groups in total. The van der Waals surface area contributed by atoms with Gasteiger partial charge in [0.05, 0.1) is 18.0 Å². The van der Waals surface area contributed by atoms with Crippen LogP contribution in [0.3, 0.4) is 0 Å². The van der Waals surface area contributed by atoms with Crippen molar-refractivity contribution >= 4 is 40.6 Å². The molecule has 2 saturated heterocycles. The highest BCUT2D eigenvalue weighted by atomic mass is 32.2. The van der Waals surface area contributed by atoms with Crippen LogP contribution in [-0.4, -0.2) is 84.6 Å². The molecule has 1 aromatic carbocycles. The summed E-state index contributed by atoms with van der Waals surface area (Å²) in [7, 11) is 0. The fraction of sp³-hybridized carbons (Fsp3) is 0.581. The van der Waals surface area contributed by atoms with Crippen molar-refractivity contribution in [1.29, 1.82) is 0 Å². The second kappa shape index (κ2) is 14.3. The third-order valence-electron chi connectivity index (χ3n) is 8.40. The lowest BCUT2D eigenvalue weighted by Crippen LogP contribution is -2.47. The molecule has 0 unspecified atom stereocenters. The number of benzene rings is 1. The summed E-state index contributed by atoms with van der Waals surface area (Å²) >= 11 is 1.53. The van der Waals surface area contributed by atoms with Crippen LogP contribution in [0.1, 0.15) is 63.5 Å². The van der Waals surface area contributed by atoms with E-state index in [4.69, 9.17) is 15.2 Å². The van der Waals surface area contributed by atoms with E-state index in [9.17, 15) is 5.11 Å². The molecule has 7 rings (SSSR count). The third-order valence-corrected chi connectivity index (χ3v) is 9.16. The van der Waals surface area contributed by atoms with Crippen molar-refractivity contribution < 1.29 is 5.11 Å². The molecule has 2 aromatic rings. The van der Waals surface area contributed by atoms with Crippen molar-refractivity contribution in [3.63, 3.8) is 0 Å². The molecule has 6 bridgehead atoms. The molecule has 40 heavy (non-hydrogen) atoms. The Bertz CT molecular complexity index is 1170. The van der Waals surface area contributed by atoms with Gasteiger partial charge in [0.1, 0.15) is 5.82 Å². The van der Waals surface area contributed by atoms with Crippen molar-refractivity contribution in [3.8, 4) is 0 Å². The van der Waals surface area contributed by atoms with E-state index in [1.54, 1.807) is 0 Å². The van der Waals surface area contributed by atoms with Gasteiger partial charge < -0.3 is 19.6 Å². The Balaban J connectivity index is 1.49. The monoisotopic (exact) mass is 563 g/mol. The minimum atomic E-state index is 0.161. The molecule has 9 heteroatoms. The van der Waals surface area contributed by atoms with Gasteiger partial charge in [-0.15, -0.1) is 0 Å². The zero-order chi connectivity index (χ0) is 27.7. The molecule has 6 heterocycles. The molecule has 216 valence electrons. The van der Waals surface area contributed by atoms with E-state index in [0.717, 1.165) is 92.1 Å². The summed E-state index contributed by atoms with van der Waals surface area (Å²) in [6, 6.07) is 10.8. The van der Waals surface area contributed by atoms with Crippen LogP contribution < -0.4 is 14.5 Å². The number of anilines is 3. The van der Waals surface area contributed by atoms with Crippen molar-refractivity contribution in [1.82, 2.24) is 9.88 Å². The van der Waals surface area contributed by atoms with Crippen LogP contribution in [0, 0.1) is 5.92 Å². The number of aromatic nitrogens is 1. The number of piperazine rings is 1. The van der Waals surface area contributed by atoms with Crippen molar-refractivity contribution in [2.24, 2.45) is 16.1 Å². The molecule has 1 aromatic heterocycles. The molecule has 5 aliphatic heterocycles. The van der Waals surface area contributed by atoms with Gasteiger partial charge >= 0.3 is 0 Å². The SMILES string of the molecule is CCC/C1=N\N=C(/C)c2ccc(NSCCO)cc2N2CCC(CCCN3CCN(CC3)c3cc1ccn3)CC2. The van der Waals surface area contributed by atoms with Gasteiger partial charge in [-0.05, 0) is 81.8 Å². The van der Waals surface area contributed by atoms with Crippen molar-refractivity contribution in [2.75, 3.05) is 72.7 Å². The van der Waals surface area contributed by atoms with Gasteiger partial charge in [-0.25, -0.2) is 4.98 Å². The maximum Gasteiger partial charge on any atom is 0.129 e. The van der Waals surface area contributed by atoms with Crippen molar-refractivity contribution in [3.05, 3.63) is 47.7 Å². The fourth-order valence-electron chi connectivity index (χ4n) is 6.06. The van der Waals surface area contributed by atoms with E-state index >= 15 is 0 Å². The summed E-state index contributed by atoms with van der Waals surface area (Å²) in [5.74, 6) is 2.51. The molecule has 0 spiro atoms. The third kappa shape index (κ3) is 7.36. The summed E-state index contributed by atoms with van der Waals surface area (Å²) in [6.45, 7) is 12.0. The molecule has 8 nitrogen and oxygen atoms in total. The van der Waals surface area contributed by atoms with Gasteiger partial charge in [0.15, 0.2) is 0 Å². The van der Waals surface area contributed by atoms with Crippen LogP contribution in [0.2, 0.25) is 0 Å². The second-order valence-corrected chi connectivity index (χ2v) is 12.1. The molecule has 0 amide bonds. The Hall–Kier alpha value is -2.62. The lowest BCUT2D eigenvalue weighted by Gasteiger charge is -2.37. The van der Waals surface area contributed by atoms with E-state index < -0.39 is 0 Å². The summed E-state index contributed by atoms with van der Waals surface area (Å²) in [6.07, 6.45) is 8.88. The molecular formula is C31H45N7OS. The fourth-order valence-corrected chi connectivity index (χ4v) is 6.55. The van der Waals surface area contributed by atoms with E-state index in [-0.39, 0.29) is 6.61 Å². The quantitative estimate of drug-likeness (QED) is 0.366. The van der Waals surface area contributed by atoms with Gasteiger partial charge in [0.25, 0.3) is 0 Å². The molecule has 0 radical (unpaired) electrons. The minimum absolute atomic E-state index is 0.161. The number of aliphatic hydroxyl groups excluding tert-OH is 1. The topological polar surface area (TPSA) is 79.6 Å². The lowest BCUT2D eigenvalue weighted by molar-refractivity contribution is 0.241. The molecular weight excluding hydrogens is 518 g/mol. The number of aliphatic hydroxyl groups is 1. The first-order valence-corrected chi connectivity index (χ1v) is 16.1. The number of nitrogens with zero attached hydrogens (tertiary/aromatic N) is 6. The Morgan fingerprint density at radius 1 is 0.950 bits per heavy atom. The van der Waals surface area contributed by atoms with Gasteiger partial charge in [-0.3, -0.25) is 4.90 Å². The first-order chi connectivity index (χ1) is 19.6. The van der Waals surface area contributed by atoms with Crippen LogP contribution in [0.15, 0.2) is 46.7 Å². The average molecular weight is 564 g/mol. The largest absolute Gasteiger partial charge is 0.395 e. The predicted octanol–water partition coefficient (Wildman–Crippen LogP) is 5.28. The number of nitrogens with one attached hydrogen (secondary N) is 1. The van der Waals surface area contributed by atoms with E-state index in [2.05, 4.69) is 63.6 Å². The van der Waals surface area contributed by atoms with Crippen LogP contribution >= 0.6 is 11.9 Å². The average Bonchev–Trinajstić information content (AvgIpc) is 2.99. The number of hydrogen-bond acceptors (Lipinski definition) is 9. The Kier molecular flexibility index (Phi) is 10.3. The zero-order valence-corrected chi connectivity index (χ0v) is 25.0. The number of hydrogen-bond donors (Lipinski definition) is 2. The molecule has 0 aliphatic carbocycles. The Morgan fingerprint density at radius 3 is 2.55 bits per heavy atom. The van der Waals surface area contributed by atoms with Gasteiger partial charge in [-0.1, -0.05) is 25.3 Å². The zero-order valence-electron chi connectivity index (χ0n) is 24.2. The summed E-state index contributed by atoms with van der Waals surface area (Å²) in [5, 5.41) is 18.9. The molecule has 2 fully saturated rings. The summed E-state index contributed by atoms with van der Waals surface area (Å²) < 4.78 is 3.40. The number of rotatable bonds is 6. The first kappa shape index (κ1) is 28.9. The maximum atomic E-state index is 9.20. The highest BCUT2D eigenvalue weighted by Crippen LogP contribution is 2.32. The maximum absolute atomic E-state index is 9.20. The second-order valence-electron chi connectivity index (χ2n) is 11.2. The predicted molar refractivity (Wildman–Crippen MR) is 170 cm³/mol. The van der Waals surface area contributed by atoms with Gasteiger partial charge in [0, 0.05) is 73.7 Å². The Labute approximate surface area is 244 Å². The van der Waals surface area contributed by atoms with Gasteiger partial charge in [-0.2, -0.15) is 10.2 Å². The summed E-state index contributed by atoms with van der Waals surface area (Å²) in [4.78, 5) is 12.3. The Morgan fingerprint density at radius 2 is 1.77 bits per heavy atom. The molecule has 5 aliphatic rings. The van der Waals surface area contributed by atoms with Crippen molar-refractivity contribution in [2.45, 2.75) is 52.4 Å². The summed E-state index contributed by atoms with van der Waals surface area (Å²) in [5.41, 5.74) is 6.47. The number of pyridine rings is 1. The highest BCUT2D eigenvalue weighted by molar-refractivity contribution is 8.00. The lowest BCUT2D eigenvalue weighted by atomic mass is 9.91. The van der Waals surface area contributed by atoms with Crippen LogP contribution in [0.4, 0.5) is 17.2 Å². The smallest absolute Gasteiger partial charge is 0.129 e. The van der Waals surface area contributed by atoms with Gasteiger partial charge in [0.2, 0.25) is 0 Å². The highest BCUT2D eigenvalue weighted by Gasteiger charge is 2.24. The van der Waals surface area contributed by atoms with E-state index in [1.807, 2.05) is 6.20 Å². The standard InChI is InChI=1S/C31H45N7OS/c1-3-5-29-26-9-12-32-31(22-26)38-18-16-36(17-19-38)13-4-6-25-10-14-37(15-11-25)30-23-27(35-40-21-20-39)7-8-28(30)24(2)33-34-29/h7-9,12,22-23,25,35,39H,3-6,10-11,13-21H2,1-2H3/b33-24+,34-29+.